The van der Waals surface area contributed by atoms with E-state index in [0.717, 1.165) is 12.8 Å². The summed E-state index contributed by atoms with van der Waals surface area (Å²) in [6, 6.07) is 1.74. The SMILES string of the molecule is N#C[C@@H](O)[C@H]1CCCO1. The zero-order valence-electron chi connectivity index (χ0n) is 5.08. The summed E-state index contributed by atoms with van der Waals surface area (Å²) in [6.07, 6.45) is 0.625. The second kappa shape index (κ2) is 2.81. The van der Waals surface area contributed by atoms with Gasteiger partial charge in [0.05, 0.1) is 12.2 Å². The summed E-state index contributed by atoms with van der Waals surface area (Å²) in [6.45, 7) is 0.684. The van der Waals surface area contributed by atoms with E-state index in [4.69, 9.17) is 15.1 Å². The Morgan fingerprint density at radius 3 is 3.00 bits per heavy atom. The minimum atomic E-state index is -0.924. The second-order valence-corrected chi connectivity index (χ2v) is 2.13. The van der Waals surface area contributed by atoms with Crippen LogP contribution in [0.25, 0.3) is 0 Å². The number of hydrogen-bond acceptors (Lipinski definition) is 3. The van der Waals surface area contributed by atoms with Crippen molar-refractivity contribution in [2.45, 2.75) is 25.0 Å². The van der Waals surface area contributed by atoms with Crippen LogP contribution in [0.4, 0.5) is 0 Å². The van der Waals surface area contributed by atoms with Gasteiger partial charge in [0.25, 0.3) is 0 Å². The Bertz CT molecular complexity index is 124. The van der Waals surface area contributed by atoms with Crippen LogP contribution in [0.3, 0.4) is 0 Å². The smallest absolute Gasteiger partial charge is 0.166 e. The van der Waals surface area contributed by atoms with E-state index in [1.54, 1.807) is 6.07 Å². The molecule has 0 unspecified atom stereocenters. The zero-order valence-corrected chi connectivity index (χ0v) is 5.08. The molecule has 3 nitrogen and oxygen atoms in total. The fourth-order valence-electron chi connectivity index (χ4n) is 0.935. The van der Waals surface area contributed by atoms with Crippen molar-refractivity contribution in [3.63, 3.8) is 0 Å². The molecule has 1 rings (SSSR count). The van der Waals surface area contributed by atoms with Crippen molar-refractivity contribution < 1.29 is 9.84 Å². The van der Waals surface area contributed by atoms with E-state index in [0.29, 0.717) is 6.61 Å². The van der Waals surface area contributed by atoms with Crippen molar-refractivity contribution in [2.75, 3.05) is 6.61 Å². The van der Waals surface area contributed by atoms with Gasteiger partial charge in [0.15, 0.2) is 6.10 Å². The first-order valence-electron chi connectivity index (χ1n) is 3.04. The van der Waals surface area contributed by atoms with Gasteiger partial charge >= 0.3 is 0 Å². The summed E-state index contributed by atoms with van der Waals surface area (Å²) >= 11 is 0. The zero-order chi connectivity index (χ0) is 6.69. The lowest BCUT2D eigenvalue weighted by atomic mass is 10.1. The molecule has 0 spiro atoms. The van der Waals surface area contributed by atoms with Gasteiger partial charge < -0.3 is 9.84 Å². The summed E-state index contributed by atoms with van der Waals surface area (Å²) < 4.78 is 5.03. The highest BCUT2D eigenvalue weighted by Gasteiger charge is 2.23. The third kappa shape index (κ3) is 1.41. The van der Waals surface area contributed by atoms with Crippen molar-refractivity contribution in [3.8, 4) is 6.07 Å². The van der Waals surface area contributed by atoms with Gasteiger partial charge in [-0.05, 0) is 12.8 Å². The molecule has 1 aliphatic heterocycles. The number of nitriles is 1. The topological polar surface area (TPSA) is 53.2 Å². The minimum Gasteiger partial charge on any atom is -0.375 e. The number of ether oxygens (including phenoxy) is 1. The number of rotatable bonds is 1. The molecule has 9 heavy (non-hydrogen) atoms. The number of hydrogen-bond donors (Lipinski definition) is 1. The van der Waals surface area contributed by atoms with Gasteiger partial charge in [-0.2, -0.15) is 5.26 Å². The van der Waals surface area contributed by atoms with Crippen LogP contribution in [0.15, 0.2) is 0 Å². The van der Waals surface area contributed by atoms with Crippen LogP contribution in [0, 0.1) is 11.3 Å². The van der Waals surface area contributed by atoms with Gasteiger partial charge in [0, 0.05) is 6.61 Å². The lowest BCUT2D eigenvalue weighted by Gasteiger charge is -2.08. The maximum atomic E-state index is 8.87. The van der Waals surface area contributed by atoms with Crippen LogP contribution in [0.1, 0.15) is 12.8 Å². The maximum Gasteiger partial charge on any atom is 0.166 e. The van der Waals surface area contributed by atoms with E-state index in [1.807, 2.05) is 0 Å². The van der Waals surface area contributed by atoms with E-state index in [2.05, 4.69) is 0 Å². The fraction of sp³-hybridized carbons (Fsp3) is 0.833. The molecule has 3 heteroatoms. The first-order valence-corrected chi connectivity index (χ1v) is 3.04. The first-order chi connectivity index (χ1) is 4.34. The lowest BCUT2D eigenvalue weighted by molar-refractivity contribution is 0.0263. The van der Waals surface area contributed by atoms with Crippen LogP contribution in [0.2, 0.25) is 0 Å². The van der Waals surface area contributed by atoms with Crippen molar-refractivity contribution in [1.29, 1.82) is 5.26 Å². The molecule has 0 bridgehead atoms. The Balaban J connectivity index is 2.34. The summed E-state index contributed by atoms with van der Waals surface area (Å²) in [4.78, 5) is 0. The predicted molar refractivity (Wildman–Crippen MR) is 30.6 cm³/mol. The molecule has 2 atom stereocenters. The number of aliphatic hydroxyl groups excluding tert-OH is 1. The average Bonchev–Trinajstić information content (AvgIpc) is 2.37. The Morgan fingerprint density at radius 2 is 2.56 bits per heavy atom. The standard InChI is InChI=1S/C6H9NO2/c7-4-5(8)6-2-1-3-9-6/h5-6,8H,1-3H2/t5-,6-/m1/s1. The van der Waals surface area contributed by atoms with Gasteiger partial charge in [-0.15, -0.1) is 0 Å². The molecule has 0 radical (unpaired) electrons. The third-order valence-corrected chi connectivity index (χ3v) is 1.45. The Labute approximate surface area is 53.9 Å². The van der Waals surface area contributed by atoms with Crippen molar-refractivity contribution in [1.82, 2.24) is 0 Å². The van der Waals surface area contributed by atoms with Gasteiger partial charge in [-0.1, -0.05) is 0 Å². The van der Waals surface area contributed by atoms with E-state index in [9.17, 15) is 0 Å². The Hall–Kier alpha value is -0.590. The van der Waals surface area contributed by atoms with Crippen LogP contribution in [-0.4, -0.2) is 23.9 Å². The van der Waals surface area contributed by atoms with Crippen LogP contribution in [-0.2, 0) is 4.74 Å². The molecule has 0 aromatic carbocycles. The van der Waals surface area contributed by atoms with Gasteiger partial charge in [-0.25, -0.2) is 0 Å². The summed E-state index contributed by atoms with van der Waals surface area (Å²) in [5.74, 6) is 0. The highest BCUT2D eigenvalue weighted by Crippen LogP contribution is 2.14. The molecule has 0 amide bonds. The molecule has 0 aliphatic carbocycles. The predicted octanol–water partition coefficient (Wildman–Crippen LogP) is 0.0499. The van der Waals surface area contributed by atoms with Crippen LogP contribution >= 0.6 is 0 Å². The molecule has 0 saturated carbocycles. The van der Waals surface area contributed by atoms with Crippen molar-refractivity contribution in [3.05, 3.63) is 0 Å². The number of nitrogens with zero attached hydrogens (tertiary/aromatic N) is 1. The quantitative estimate of drug-likeness (QED) is 0.506. The molecular weight excluding hydrogens is 118 g/mol. The molecular formula is C6H9NO2. The minimum absolute atomic E-state index is 0.227. The first kappa shape index (κ1) is 6.53. The Kier molecular flexibility index (Phi) is 2.04. The van der Waals surface area contributed by atoms with E-state index in [1.165, 1.54) is 0 Å². The van der Waals surface area contributed by atoms with E-state index in [-0.39, 0.29) is 6.10 Å². The normalized spacial score (nSPS) is 29.6. The van der Waals surface area contributed by atoms with E-state index < -0.39 is 6.10 Å². The fourth-order valence-corrected chi connectivity index (χ4v) is 0.935. The summed E-state index contributed by atoms with van der Waals surface area (Å²) in [5, 5.41) is 17.1. The van der Waals surface area contributed by atoms with Gasteiger partial charge in [-0.3, -0.25) is 0 Å². The molecule has 1 aliphatic rings. The molecule has 50 valence electrons. The van der Waals surface area contributed by atoms with E-state index >= 15 is 0 Å². The highest BCUT2D eigenvalue weighted by molar-refractivity contribution is 4.90. The molecule has 0 aromatic heterocycles. The maximum absolute atomic E-state index is 8.87. The molecule has 0 aromatic rings. The summed E-state index contributed by atoms with van der Waals surface area (Å²) in [5.41, 5.74) is 0. The Morgan fingerprint density at radius 1 is 1.78 bits per heavy atom. The van der Waals surface area contributed by atoms with Gasteiger partial charge in [0.2, 0.25) is 0 Å². The van der Waals surface area contributed by atoms with Crippen LogP contribution < -0.4 is 0 Å². The van der Waals surface area contributed by atoms with Crippen molar-refractivity contribution in [2.24, 2.45) is 0 Å². The number of aliphatic hydroxyl groups is 1. The molecule has 1 N–H and O–H groups in total. The molecule has 1 saturated heterocycles. The summed E-state index contributed by atoms with van der Waals surface area (Å²) in [7, 11) is 0. The molecule has 1 heterocycles. The third-order valence-electron chi connectivity index (χ3n) is 1.45. The lowest BCUT2D eigenvalue weighted by Crippen LogP contribution is -2.22. The second-order valence-electron chi connectivity index (χ2n) is 2.13. The van der Waals surface area contributed by atoms with Crippen LogP contribution in [0.5, 0.6) is 0 Å². The monoisotopic (exact) mass is 127 g/mol. The highest BCUT2D eigenvalue weighted by atomic mass is 16.5. The molecule has 1 fully saturated rings. The average molecular weight is 127 g/mol. The van der Waals surface area contributed by atoms with Gasteiger partial charge in [0.1, 0.15) is 0 Å². The van der Waals surface area contributed by atoms with Crippen molar-refractivity contribution >= 4 is 0 Å². The largest absolute Gasteiger partial charge is 0.375 e.